The van der Waals surface area contributed by atoms with Crippen LogP contribution in [0.1, 0.15) is 37.8 Å². The minimum Gasteiger partial charge on any atom is -0.396 e. The second-order valence-corrected chi connectivity index (χ2v) is 7.06. The van der Waals surface area contributed by atoms with Crippen LogP contribution in [0.5, 0.6) is 0 Å². The van der Waals surface area contributed by atoms with Gasteiger partial charge < -0.3 is 13.6 Å². The van der Waals surface area contributed by atoms with Crippen LogP contribution in [0, 0.1) is 0 Å². The van der Waals surface area contributed by atoms with E-state index in [1.165, 1.54) is 5.56 Å². The molecule has 1 rings (SSSR count). The summed E-state index contributed by atoms with van der Waals surface area (Å²) in [5.74, 6) is 0. The van der Waals surface area contributed by atoms with Crippen molar-refractivity contribution in [2.45, 2.75) is 39.3 Å². The summed E-state index contributed by atoms with van der Waals surface area (Å²) in [6, 6.07) is 9.17. The van der Waals surface area contributed by atoms with Gasteiger partial charge in [-0.1, -0.05) is 50.8 Å². The van der Waals surface area contributed by atoms with Crippen LogP contribution >= 0.6 is 0 Å². The standard InChI is InChI=1S/C17H28O3Si/c1-4-11-19-21(20-12-5-2)14-13-18-15-17-9-7-16(6-3)8-10-17/h6-10,21H,3-5,11-15H2,1-2H3. The van der Waals surface area contributed by atoms with Crippen LogP contribution in [0.2, 0.25) is 6.04 Å². The number of hydrogen-bond donors (Lipinski definition) is 0. The van der Waals surface area contributed by atoms with Gasteiger partial charge in [0.15, 0.2) is 0 Å². The zero-order valence-electron chi connectivity index (χ0n) is 13.3. The number of benzene rings is 1. The van der Waals surface area contributed by atoms with Gasteiger partial charge in [0, 0.05) is 25.9 Å². The highest BCUT2D eigenvalue weighted by Gasteiger charge is 2.12. The second-order valence-electron chi connectivity index (χ2n) is 4.96. The van der Waals surface area contributed by atoms with E-state index in [9.17, 15) is 0 Å². The first-order valence-electron chi connectivity index (χ1n) is 7.82. The Hall–Kier alpha value is -0.943. The summed E-state index contributed by atoms with van der Waals surface area (Å²) in [4.78, 5) is 0. The fourth-order valence-electron chi connectivity index (χ4n) is 1.83. The molecular formula is C17H28O3Si. The molecule has 0 N–H and O–H groups in total. The molecule has 4 heteroatoms. The normalized spacial score (nSPS) is 11.0. The number of rotatable bonds is 12. The lowest BCUT2D eigenvalue weighted by Crippen LogP contribution is -2.25. The maximum Gasteiger partial charge on any atom is 0.323 e. The Bertz CT molecular complexity index is 370. The average Bonchev–Trinajstić information content (AvgIpc) is 2.53. The lowest BCUT2D eigenvalue weighted by atomic mass is 10.1. The number of hydrogen-bond acceptors (Lipinski definition) is 3. The summed E-state index contributed by atoms with van der Waals surface area (Å²) in [6.07, 6.45) is 3.92. The Morgan fingerprint density at radius 1 is 1.00 bits per heavy atom. The summed E-state index contributed by atoms with van der Waals surface area (Å²) >= 11 is 0. The van der Waals surface area contributed by atoms with Crippen LogP contribution in [0.25, 0.3) is 6.08 Å². The molecule has 118 valence electrons. The van der Waals surface area contributed by atoms with Gasteiger partial charge in [0.1, 0.15) is 0 Å². The molecule has 0 aliphatic heterocycles. The summed E-state index contributed by atoms with van der Waals surface area (Å²) in [7, 11) is -1.55. The van der Waals surface area contributed by atoms with E-state index in [0.29, 0.717) is 13.2 Å². The molecule has 0 amide bonds. The van der Waals surface area contributed by atoms with E-state index in [2.05, 4.69) is 44.7 Å². The van der Waals surface area contributed by atoms with Gasteiger partial charge in [0.05, 0.1) is 6.61 Å². The smallest absolute Gasteiger partial charge is 0.323 e. The van der Waals surface area contributed by atoms with Crippen molar-refractivity contribution in [1.29, 1.82) is 0 Å². The Kier molecular flexibility index (Phi) is 10.1. The molecule has 0 aromatic heterocycles. The zero-order valence-corrected chi connectivity index (χ0v) is 14.5. The van der Waals surface area contributed by atoms with Crippen molar-refractivity contribution in [3.8, 4) is 0 Å². The van der Waals surface area contributed by atoms with E-state index in [0.717, 1.165) is 37.7 Å². The van der Waals surface area contributed by atoms with Crippen molar-refractivity contribution < 1.29 is 13.6 Å². The van der Waals surface area contributed by atoms with Crippen molar-refractivity contribution in [2.75, 3.05) is 19.8 Å². The highest BCUT2D eigenvalue weighted by atomic mass is 28.3. The van der Waals surface area contributed by atoms with E-state index < -0.39 is 9.28 Å². The van der Waals surface area contributed by atoms with Crippen LogP contribution in [0.4, 0.5) is 0 Å². The lowest BCUT2D eigenvalue weighted by Gasteiger charge is -2.16. The molecule has 3 nitrogen and oxygen atoms in total. The zero-order chi connectivity index (χ0) is 15.3. The molecule has 21 heavy (non-hydrogen) atoms. The largest absolute Gasteiger partial charge is 0.396 e. The van der Waals surface area contributed by atoms with Crippen LogP contribution in [-0.4, -0.2) is 29.1 Å². The molecule has 0 unspecified atom stereocenters. The van der Waals surface area contributed by atoms with Gasteiger partial charge in [-0.05, 0) is 24.0 Å². The Morgan fingerprint density at radius 3 is 2.14 bits per heavy atom. The van der Waals surface area contributed by atoms with E-state index >= 15 is 0 Å². The first-order valence-corrected chi connectivity index (χ1v) is 9.58. The topological polar surface area (TPSA) is 27.7 Å². The summed E-state index contributed by atoms with van der Waals surface area (Å²) in [5, 5.41) is 0. The Balaban J connectivity index is 2.23. The molecule has 0 bridgehead atoms. The third-order valence-electron chi connectivity index (χ3n) is 3.00. The molecule has 0 radical (unpaired) electrons. The van der Waals surface area contributed by atoms with Crippen molar-refractivity contribution in [3.05, 3.63) is 42.0 Å². The fourth-order valence-corrected chi connectivity index (χ4v) is 3.62. The summed E-state index contributed by atoms with van der Waals surface area (Å²) in [5.41, 5.74) is 2.31. The third kappa shape index (κ3) is 8.17. The average molecular weight is 308 g/mol. The molecule has 1 aromatic rings. The first-order chi connectivity index (χ1) is 10.3. The van der Waals surface area contributed by atoms with E-state index in [4.69, 9.17) is 13.6 Å². The molecule has 0 saturated heterocycles. The van der Waals surface area contributed by atoms with Gasteiger partial charge in [0.25, 0.3) is 0 Å². The maximum absolute atomic E-state index is 5.80. The van der Waals surface area contributed by atoms with E-state index in [1.807, 2.05) is 6.08 Å². The molecule has 1 aromatic carbocycles. The van der Waals surface area contributed by atoms with Crippen molar-refractivity contribution in [3.63, 3.8) is 0 Å². The third-order valence-corrected chi connectivity index (χ3v) is 4.92. The minimum atomic E-state index is -1.55. The van der Waals surface area contributed by atoms with Gasteiger partial charge in [-0.25, -0.2) is 0 Å². The minimum absolute atomic E-state index is 0.639. The second kappa shape index (κ2) is 11.7. The molecule has 0 aliphatic rings. The monoisotopic (exact) mass is 308 g/mol. The van der Waals surface area contributed by atoms with Gasteiger partial charge in [0.2, 0.25) is 0 Å². The maximum atomic E-state index is 5.80. The van der Waals surface area contributed by atoms with E-state index in [-0.39, 0.29) is 0 Å². The predicted molar refractivity (Wildman–Crippen MR) is 90.6 cm³/mol. The molecule has 0 fully saturated rings. The van der Waals surface area contributed by atoms with Crippen LogP contribution < -0.4 is 0 Å². The highest BCUT2D eigenvalue weighted by Crippen LogP contribution is 2.08. The Labute approximate surface area is 130 Å². The SMILES string of the molecule is C=Cc1ccc(COCC[SiH](OCCC)OCCC)cc1. The van der Waals surface area contributed by atoms with Crippen molar-refractivity contribution >= 4 is 15.4 Å². The molecule has 0 aliphatic carbocycles. The molecule has 0 heterocycles. The van der Waals surface area contributed by atoms with Crippen molar-refractivity contribution in [1.82, 2.24) is 0 Å². The van der Waals surface area contributed by atoms with E-state index in [1.54, 1.807) is 0 Å². The Morgan fingerprint density at radius 2 is 1.62 bits per heavy atom. The van der Waals surface area contributed by atoms with Crippen molar-refractivity contribution in [2.24, 2.45) is 0 Å². The first kappa shape index (κ1) is 18.1. The number of ether oxygens (including phenoxy) is 1. The van der Waals surface area contributed by atoms with Gasteiger partial charge in [-0.2, -0.15) is 0 Å². The van der Waals surface area contributed by atoms with Gasteiger partial charge in [-0.15, -0.1) is 0 Å². The lowest BCUT2D eigenvalue weighted by molar-refractivity contribution is 0.121. The highest BCUT2D eigenvalue weighted by molar-refractivity contribution is 6.44. The fraction of sp³-hybridized carbons (Fsp3) is 0.529. The molecule has 0 saturated carbocycles. The van der Waals surface area contributed by atoms with Gasteiger partial charge in [-0.3, -0.25) is 0 Å². The molecule has 0 spiro atoms. The summed E-state index contributed by atoms with van der Waals surface area (Å²) in [6.45, 7) is 10.9. The predicted octanol–water partition coefficient (Wildman–Crippen LogP) is 3.92. The van der Waals surface area contributed by atoms with Crippen LogP contribution in [0.3, 0.4) is 0 Å². The van der Waals surface area contributed by atoms with Crippen LogP contribution in [0.15, 0.2) is 30.8 Å². The molecular weight excluding hydrogens is 280 g/mol. The molecule has 0 atom stereocenters. The van der Waals surface area contributed by atoms with Gasteiger partial charge >= 0.3 is 9.28 Å². The summed E-state index contributed by atoms with van der Waals surface area (Å²) < 4.78 is 17.3. The quantitative estimate of drug-likeness (QED) is 0.433. The van der Waals surface area contributed by atoms with Crippen LogP contribution in [-0.2, 0) is 20.2 Å².